The van der Waals surface area contributed by atoms with E-state index in [2.05, 4.69) is 4.98 Å². The summed E-state index contributed by atoms with van der Waals surface area (Å²) in [4.78, 5) is 28.1. The highest BCUT2D eigenvalue weighted by Crippen LogP contribution is 2.36. The van der Waals surface area contributed by atoms with Gasteiger partial charge < -0.3 is 15.0 Å². The quantitative estimate of drug-likeness (QED) is 0.880. The number of carbonyl (C=O) groups is 2. The second kappa shape index (κ2) is 5.30. The van der Waals surface area contributed by atoms with Crippen LogP contribution in [0.25, 0.3) is 0 Å². The van der Waals surface area contributed by atoms with E-state index in [0.29, 0.717) is 6.54 Å². The second-order valence-corrected chi connectivity index (χ2v) is 6.46. The minimum Gasteiger partial charge on any atom is -0.480 e. The normalized spacial score (nSPS) is 21.8. The maximum absolute atomic E-state index is 12.5. The van der Waals surface area contributed by atoms with Crippen molar-refractivity contribution in [3.05, 3.63) is 21.9 Å². The molecule has 2 N–H and O–H groups in total. The molecule has 1 saturated heterocycles. The Morgan fingerprint density at radius 3 is 2.60 bits per heavy atom. The zero-order chi connectivity index (χ0) is 15.1. The summed E-state index contributed by atoms with van der Waals surface area (Å²) in [6.45, 7) is 4.13. The molecule has 1 aliphatic rings. The van der Waals surface area contributed by atoms with Gasteiger partial charge in [-0.1, -0.05) is 37.0 Å². The van der Waals surface area contributed by atoms with Crippen molar-refractivity contribution in [1.29, 1.82) is 0 Å². The molecule has 0 saturated carbocycles. The number of aromatic nitrogens is 1. The number of aliphatic carboxylic acids is 1. The van der Waals surface area contributed by atoms with E-state index < -0.39 is 17.4 Å². The molecule has 2 heterocycles. The fraction of sp³-hybridized carbons (Fsp3) is 0.538. The van der Waals surface area contributed by atoms with Crippen LogP contribution in [0, 0.1) is 5.41 Å². The van der Waals surface area contributed by atoms with E-state index in [1.165, 1.54) is 11.0 Å². The van der Waals surface area contributed by atoms with E-state index in [0.717, 1.165) is 12.8 Å². The number of carbonyl (C=O) groups excluding carboxylic acids is 1. The Balaban J connectivity index is 2.34. The molecule has 0 bridgehead atoms. The van der Waals surface area contributed by atoms with Gasteiger partial charge in [0.1, 0.15) is 16.9 Å². The van der Waals surface area contributed by atoms with Crippen LogP contribution in [-0.4, -0.2) is 39.5 Å². The first kappa shape index (κ1) is 15.2. The average Bonchev–Trinajstić information content (AvgIpc) is 2.66. The van der Waals surface area contributed by atoms with Gasteiger partial charge in [0.2, 0.25) is 0 Å². The molecule has 0 aliphatic carbocycles. The summed E-state index contributed by atoms with van der Waals surface area (Å²) in [6, 6.07) is 0.567. The molecule has 1 aromatic heterocycles. The summed E-state index contributed by atoms with van der Waals surface area (Å²) in [5.74, 6) is -1.38. The van der Waals surface area contributed by atoms with Crippen LogP contribution in [0.3, 0.4) is 0 Å². The molecule has 0 aromatic carbocycles. The molecule has 1 amide bonds. The van der Waals surface area contributed by atoms with E-state index in [4.69, 9.17) is 23.2 Å². The van der Waals surface area contributed by atoms with Crippen LogP contribution in [0.5, 0.6) is 0 Å². The predicted octanol–water partition coefficient (Wildman–Crippen LogP) is 3.04. The highest BCUT2D eigenvalue weighted by Gasteiger charge is 2.44. The van der Waals surface area contributed by atoms with Gasteiger partial charge in [0.25, 0.3) is 5.91 Å². The minimum atomic E-state index is -0.994. The summed E-state index contributed by atoms with van der Waals surface area (Å²) in [6.07, 6.45) is 1.53. The monoisotopic (exact) mass is 318 g/mol. The molecule has 1 fully saturated rings. The summed E-state index contributed by atoms with van der Waals surface area (Å²) in [5.41, 5.74) is -0.260. The van der Waals surface area contributed by atoms with Crippen LogP contribution in [-0.2, 0) is 4.79 Å². The Kier molecular flexibility index (Phi) is 4.02. The number of carboxylic acid groups (broad SMARTS) is 1. The van der Waals surface area contributed by atoms with Crippen LogP contribution in [0.1, 0.15) is 37.2 Å². The minimum absolute atomic E-state index is 0.179. The molecular formula is C13H16Cl2N2O3. The Labute approximate surface area is 126 Å². The molecule has 2 rings (SSSR count). The zero-order valence-corrected chi connectivity index (χ0v) is 12.8. The summed E-state index contributed by atoms with van der Waals surface area (Å²) in [5, 5.41) is 9.87. The largest absolute Gasteiger partial charge is 0.480 e. The first-order chi connectivity index (χ1) is 9.24. The second-order valence-electron chi connectivity index (χ2n) is 5.68. The highest BCUT2D eigenvalue weighted by atomic mass is 35.5. The first-order valence-electron chi connectivity index (χ1n) is 6.32. The summed E-state index contributed by atoms with van der Waals surface area (Å²) >= 11 is 11.6. The smallest absolute Gasteiger partial charge is 0.326 e. The van der Waals surface area contributed by atoms with Gasteiger partial charge in [-0.05, 0) is 24.3 Å². The van der Waals surface area contributed by atoms with Gasteiger partial charge in [0, 0.05) is 6.54 Å². The van der Waals surface area contributed by atoms with Crippen LogP contribution < -0.4 is 0 Å². The lowest BCUT2D eigenvalue weighted by Crippen LogP contribution is -2.56. The summed E-state index contributed by atoms with van der Waals surface area (Å²) in [7, 11) is 0. The number of nitrogens with zero attached hydrogens (tertiary/aromatic N) is 1. The first-order valence-corrected chi connectivity index (χ1v) is 7.07. The van der Waals surface area contributed by atoms with Crippen molar-refractivity contribution in [3.8, 4) is 0 Å². The van der Waals surface area contributed by atoms with Gasteiger partial charge in [-0.15, -0.1) is 0 Å². The number of likely N-dealkylation sites (tertiary alicyclic amines) is 1. The third-order valence-electron chi connectivity index (χ3n) is 3.72. The lowest BCUT2D eigenvalue weighted by atomic mass is 9.76. The van der Waals surface area contributed by atoms with Crippen molar-refractivity contribution in [3.63, 3.8) is 0 Å². The van der Waals surface area contributed by atoms with Crippen molar-refractivity contribution in [2.24, 2.45) is 5.41 Å². The van der Waals surface area contributed by atoms with E-state index in [9.17, 15) is 14.7 Å². The number of halogens is 2. The molecule has 1 unspecified atom stereocenters. The number of nitrogens with one attached hydrogen (secondary N) is 1. The summed E-state index contributed by atoms with van der Waals surface area (Å²) < 4.78 is 0. The SMILES string of the molecule is CC1(C)CCCN(C(=O)c2cc(Cl)c(Cl)[nH]2)C1C(=O)O. The van der Waals surface area contributed by atoms with E-state index >= 15 is 0 Å². The molecule has 0 radical (unpaired) electrons. The molecule has 110 valence electrons. The Morgan fingerprint density at radius 1 is 1.45 bits per heavy atom. The zero-order valence-electron chi connectivity index (χ0n) is 11.2. The molecule has 0 spiro atoms. The van der Waals surface area contributed by atoms with Crippen molar-refractivity contribution in [2.45, 2.75) is 32.7 Å². The number of hydrogen-bond donors (Lipinski definition) is 2. The topological polar surface area (TPSA) is 73.4 Å². The van der Waals surface area contributed by atoms with Crippen molar-refractivity contribution in [1.82, 2.24) is 9.88 Å². The van der Waals surface area contributed by atoms with Crippen molar-refractivity contribution in [2.75, 3.05) is 6.54 Å². The average molecular weight is 319 g/mol. The van der Waals surface area contributed by atoms with Crippen LogP contribution in [0.2, 0.25) is 10.2 Å². The molecule has 1 aromatic rings. The van der Waals surface area contributed by atoms with Gasteiger partial charge in [-0.25, -0.2) is 4.79 Å². The molecule has 5 nitrogen and oxygen atoms in total. The van der Waals surface area contributed by atoms with Gasteiger partial charge in [-0.3, -0.25) is 4.79 Å². The van der Waals surface area contributed by atoms with Crippen LogP contribution in [0.4, 0.5) is 0 Å². The molecular weight excluding hydrogens is 303 g/mol. The van der Waals surface area contributed by atoms with Crippen LogP contribution in [0.15, 0.2) is 6.07 Å². The molecule has 7 heteroatoms. The lowest BCUT2D eigenvalue weighted by molar-refractivity contribution is -0.148. The highest BCUT2D eigenvalue weighted by molar-refractivity contribution is 6.41. The number of aromatic amines is 1. The molecule has 20 heavy (non-hydrogen) atoms. The third-order valence-corrected chi connectivity index (χ3v) is 4.42. The van der Waals surface area contributed by atoms with E-state index in [1.807, 2.05) is 13.8 Å². The van der Waals surface area contributed by atoms with Gasteiger partial charge >= 0.3 is 5.97 Å². The van der Waals surface area contributed by atoms with Crippen LogP contribution >= 0.6 is 23.2 Å². The Hall–Kier alpha value is -1.20. The number of H-pyrrole nitrogens is 1. The number of carboxylic acids is 1. The standard InChI is InChI=1S/C13H16Cl2N2O3/c1-13(2)4-3-5-17(9(13)12(19)20)11(18)8-6-7(14)10(15)16-8/h6,9,16H,3-5H2,1-2H3,(H,19,20). The predicted molar refractivity (Wildman–Crippen MR) is 76.3 cm³/mol. The van der Waals surface area contributed by atoms with Gasteiger partial charge in [-0.2, -0.15) is 0 Å². The maximum atomic E-state index is 12.5. The maximum Gasteiger partial charge on any atom is 0.326 e. The fourth-order valence-corrected chi connectivity index (χ4v) is 3.07. The fourth-order valence-electron chi connectivity index (χ4n) is 2.75. The lowest BCUT2D eigenvalue weighted by Gasteiger charge is -2.43. The number of amides is 1. The molecule has 1 atom stereocenters. The number of rotatable bonds is 2. The number of hydrogen-bond acceptors (Lipinski definition) is 2. The van der Waals surface area contributed by atoms with Gasteiger partial charge in [0.15, 0.2) is 0 Å². The van der Waals surface area contributed by atoms with Gasteiger partial charge in [0.05, 0.1) is 5.02 Å². The van der Waals surface area contributed by atoms with E-state index in [1.54, 1.807) is 0 Å². The Morgan fingerprint density at radius 2 is 2.10 bits per heavy atom. The number of piperidine rings is 1. The van der Waals surface area contributed by atoms with Crippen molar-refractivity contribution < 1.29 is 14.7 Å². The molecule has 1 aliphatic heterocycles. The third kappa shape index (κ3) is 2.65. The van der Waals surface area contributed by atoms with Crippen molar-refractivity contribution >= 4 is 35.1 Å². The van der Waals surface area contributed by atoms with E-state index in [-0.39, 0.29) is 21.8 Å². The Bertz CT molecular complexity index is 534.